The maximum Gasteiger partial charge on any atom is 0.133 e. The minimum atomic E-state index is 0.387. The fraction of sp³-hybridized carbons (Fsp3) is 0.0588. The van der Waals surface area contributed by atoms with Crippen molar-refractivity contribution in [3.05, 3.63) is 66.2 Å². The van der Waals surface area contributed by atoms with Crippen molar-refractivity contribution in [1.29, 1.82) is 0 Å². The minimum absolute atomic E-state index is 0.387. The molecule has 0 saturated carbocycles. The summed E-state index contributed by atoms with van der Waals surface area (Å²) in [6.45, 7) is 0. The van der Waals surface area contributed by atoms with Crippen LogP contribution in [0.4, 0.5) is 11.5 Å². The molecule has 104 valence electrons. The summed E-state index contributed by atoms with van der Waals surface area (Å²) in [7, 11) is 1.97. The van der Waals surface area contributed by atoms with Gasteiger partial charge >= 0.3 is 0 Å². The zero-order valence-electron chi connectivity index (χ0n) is 11.7. The van der Waals surface area contributed by atoms with Gasteiger partial charge in [-0.2, -0.15) is 0 Å². The second-order valence-corrected chi connectivity index (χ2v) is 5.24. The van der Waals surface area contributed by atoms with E-state index in [0.717, 1.165) is 28.0 Å². The first-order valence-corrected chi connectivity index (χ1v) is 7.06. The molecule has 21 heavy (non-hydrogen) atoms. The fourth-order valence-corrected chi connectivity index (χ4v) is 2.51. The lowest BCUT2D eigenvalue weighted by molar-refractivity contribution is 1.14. The topological polar surface area (TPSA) is 42.2 Å². The Morgan fingerprint density at radius 3 is 2.52 bits per heavy atom. The van der Waals surface area contributed by atoms with Crippen molar-refractivity contribution >= 4 is 39.6 Å². The van der Waals surface area contributed by atoms with E-state index in [4.69, 9.17) is 22.9 Å². The van der Waals surface area contributed by atoms with Crippen LogP contribution in [0.15, 0.2) is 60.7 Å². The zero-order chi connectivity index (χ0) is 14.8. The summed E-state index contributed by atoms with van der Waals surface area (Å²) >= 11 is 5.13. The first kappa shape index (κ1) is 13.5. The number of rotatable bonds is 3. The van der Waals surface area contributed by atoms with Crippen LogP contribution in [0.1, 0.15) is 5.56 Å². The number of nitrogens with zero attached hydrogens (tertiary/aromatic N) is 2. The van der Waals surface area contributed by atoms with Gasteiger partial charge in [-0.1, -0.05) is 42.5 Å². The van der Waals surface area contributed by atoms with E-state index in [-0.39, 0.29) is 0 Å². The highest BCUT2D eigenvalue weighted by atomic mass is 32.1. The molecule has 0 aliphatic carbocycles. The van der Waals surface area contributed by atoms with Crippen molar-refractivity contribution in [1.82, 2.24) is 4.98 Å². The van der Waals surface area contributed by atoms with Gasteiger partial charge in [-0.05, 0) is 30.3 Å². The van der Waals surface area contributed by atoms with Crippen LogP contribution in [-0.2, 0) is 0 Å². The van der Waals surface area contributed by atoms with Crippen molar-refractivity contribution in [2.75, 3.05) is 11.9 Å². The van der Waals surface area contributed by atoms with Gasteiger partial charge in [0.2, 0.25) is 0 Å². The van der Waals surface area contributed by atoms with E-state index < -0.39 is 0 Å². The predicted octanol–water partition coefficient (Wildman–Crippen LogP) is 3.64. The molecule has 1 heterocycles. The summed E-state index contributed by atoms with van der Waals surface area (Å²) in [6.07, 6.45) is 0. The van der Waals surface area contributed by atoms with Gasteiger partial charge in [0.25, 0.3) is 0 Å². The van der Waals surface area contributed by atoms with Gasteiger partial charge in [0.1, 0.15) is 10.8 Å². The number of pyridine rings is 1. The monoisotopic (exact) mass is 293 g/mol. The lowest BCUT2D eigenvalue weighted by atomic mass is 10.1. The van der Waals surface area contributed by atoms with Gasteiger partial charge < -0.3 is 10.6 Å². The number of para-hydroxylation sites is 2. The molecule has 4 heteroatoms. The molecule has 1 aromatic heterocycles. The Bertz CT molecular complexity index is 814. The Kier molecular flexibility index (Phi) is 3.54. The largest absolute Gasteiger partial charge is 0.389 e. The highest BCUT2D eigenvalue weighted by Crippen LogP contribution is 2.27. The standard InChI is InChI=1S/C17H15N3S/c1-20(15-9-5-3-7-13(15)17(18)21)16-11-10-12-6-2-4-8-14(12)19-16/h2-11H,1H3,(H2,18,21). The van der Waals surface area contributed by atoms with Gasteiger partial charge in [0.15, 0.2) is 0 Å². The number of nitrogens with two attached hydrogens (primary N) is 1. The van der Waals surface area contributed by atoms with E-state index in [1.807, 2.05) is 60.5 Å². The highest BCUT2D eigenvalue weighted by Gasteiger charge is 2.11. The maximum atomic E-state index is 5.81. The molecule has 0 aliphatic rings. The predicted molar refractivity (Wildman–Crippen MR) is 92.1 cm³/mol. The third kappa shape index (κ3) is 2.58. The summed E-state index contributed by atoms with van der Waals surface area (Å²) in [4.78, 5) is 7.08. The van der Waals surface area contributed by atoms with Crippen LogP contribution in [0.5, 0.6) is 0 Å². The van der Waals surface area contributed by atoms with Crippen LogP contribution in [0.25, 0.3) is 10.9 Å². The van der Waals surface area contributed by atoms with Gasteiger partial charge in [-0.15, -0.1) is 0 Å². The Morgan fingerprint density at radius 1 is 1.00 bits per heavy atom. The molecule has 0 unspecified atom stereocenters. The van der Waals surface area contributed by atoms with E-state index >= 15 is 0 Å². The molecule has 3 aromatic rings. The molecular weight excluding hydrogens is 278 g/mol. The summed E-state index contributed by atoms with van der Waals surface area (Å²) in [5, 5.41) is 1.12. The Labute approximate surface area is 129 Å². The number of hydrogen-bond donors (Lipinski definition) is 1. The van der Waals surface area contributed by atoms with E-state index in [1.165, 1.54) is 0 Å². The lowest BCUT2D eigenvalue weighted by Crippen LogP contribution is -2.18. The first-order valence-electron chi connectivity index (χ1n) is 6.65. The third-order valence-corrected chi connectivity index (χ3v) is 3.68. The molecule has 0 amide bonds. The molecule has 2 N–H and O–H groups in total. The van der Waals surface area contributed by atoms with Gasteiger partial charge in [-0.25, -0.2) is 4.98 Å². The number of aromatic nitrogens is 1. The molecule has 0 aliphatic heterocycles. The third-order valence-electron chi connectivity index (χ3n) is 3.46. The molecular formula is C17H15N3S. The summed E-state index contributed by atoms with van der Waals surface area (Å²) in [5.74, 6) is 0.859. The number of fused-ring (bicyclic) bond motifs is 1. The number of benzene rings is 2. The van der Waals surface area contributed by atoms with E-state index in [2.05, 4.69) is 12.1 Å². The SMILES string of the molecule is CN(c1ccc2ccccc2n1)c1ccccc1C(N)=S. The molecule has 0 bridgehead atoms. The minimum Gasteiger partial charge on any atom is -0.389 e. The second-order valence-electron chi connectivity index (χ2n) is 4.80. The fourth-order valence-electron chi connectivity index (χ4n) is 2.34. The number of hydrogen-bond acceptors (Lipinski definition) is 3. The van der Waals surface area contributed by atoms with Crippen LogP contribution in [0.2, 0.25) is 0 Å². The summed E-state index contributed by atoms with van der Waals surface area (Å²) in [5.41, 5.74) is 8.58. The normalized spacial score (nSPS) is 10.5. The van der Waals surface area contributed by atoms with Crippen LogP contribution < -0.4 is 10.6 Å². The zero-order valence-corrected chi connectivity index (χ0v) is 12.5. The van der Waals surface area contributed by atoms with Gasteiger partial charge in [-0.3, -0.25) is 0 Å². The van der Waals surface area contributed by atoms with Crippen LogP contribution in [0.3, 0.4) is 0 Å². The summed E-state index contributed by atoms with van der Waals surface area (Å²) < 4.78 is 0. The second kappa shape index (κ2) is 5.50. The van der Waals surface area contributed by atoms with Gasteiger partial charge in [0.05, 0.1) is 11.2 Å². The number of thiocarbonyl (C=S) groups is 1. The highest BCUT2D eigenvalue weighted by molar-refractivity contribution is 7.80. The van der Waals surface area contributed by atoms with Crippen molar-refractivity contribution in [2.24, 2.45) is 5.73 Å². The quantitative estimate of drug-likeness (QED) is 0.749. The van der Waals surface area contributed by atoms with Crippen molar-refractivity contribution in [3.63, 3.8) is 0 Å². The molecule has 3 rings (SSSR count). The van der Waals surface area contributed by atoms with Gasteiger partial charge in [0, 0.05) is 18.0 Å². The van der Waals surface area contributed by atoms with Crippen molar-refractivity contribution in [3.8, 4) is 0 Å². The van der Waals surface area contributed by atoms with Crippen molar-refractivity contribution in [2.45, 2.75) is 0 Å². The lowest BCUT2D eigenvalue weighted by Gasteiger charge is -2.21. The first-order chi connectivity index (χ1) is 10.2. The average Bonchev–Trinajstić information content (AvgIpc) is 2.53. The smallest absolute Gasteiger partial charge is 0.133 e. The average molecular weight is 293 g/mol. The molecule has 3 nitrogen and oxygen atoms in total. The molecule has 0 radical (unpaired) electrons. The molecule has 0 fully saturated rings. The van der Waals surface area contributed by atoms with E-state index in [1.54, 1.807) is 0 Å². The Balaban J connectivity index is 2.08. The summed E-state index contributed by atoms with van der Waals surface area (Å²) in [6, 6.07) is 19.9. The number of anilines is 2. The van der Waals surface area contributed by atoms with Crippen LogP contribution in [-0.4, -0.2) is 17.0 Å². The Morgan fingerprint density at radius 2 is 1.71 bits per heavy atom. The molecule has 0 atom stereocenters. The maximum absolute atomic E-state index is 5.81. The van der Waals surface area contributed by atoms with E-state index in [0.29, 0.717) is 4.99 Å². The Hall–Kier alpha value is -2.46. The molecule has 2 aromatic carbocycles. The molecule has 0 saturated heterocycles. The van der Waals surface area contributed by atoms with Crippen molar-refractivity contribution < 1.29 is 0 Å². The van der Waals surface area contributed by atoms with E-state index in [9.17, 15) is 0 Å². The molecule has 0 spiro atoms. The van der Waals surface area contributed by atoms with Crippen LogP contribution >= 0.6 is 12.2 Å². The van der Waals surface area contributed by atoms with Crippen LogP contribution in [0, 0.1) is 0 Å².